The van der Waals surface area contributed by atoms with Gasteiger partial charge in [0.1, 0.15) is 0 Å². The van der Waals surface area contributed by atoms with E-state index in [1.807, 2.05) is 0 Å². The number of rotatable bonds is 2. The van der Waals surface area contributed by atoms with Gasteiger partial charge in [0.05, 0.1) is 16.5 Å². The van der Waals surface area contributed by atoms with Crippen molar-refractivity contribution in [1.29, 1.82) is 0 Å². The molecule has 346 valence electrons. The molecule has 4 heteroatoms. The first kappa shape index (κ1) is 41.1. The average Bonchev–Trinajstić information content (AvgIpc) is 4.22. The third-order valence-corrected chi connectivity index (χ3v) is 19.2. The summed E-state index contributed by atoms with van der Waals surface area (Å²) < 4.78 is 1.40. The van der Waals surface area contributed by atoms with Gasteiger partial charge in [0, 0.05) is 43.7 Å². The minimum absolute atomic E-state index is 0.0147. The van der Waals surface area contributed by atoms with E-state index in [9.17, 15) is 0 Å². The predicted octanol–water partition coefficient (Wildman–Crippen LogP) is 15.8. The molecule has 0 saturated carbocycles. The van der Waals surface area contributed by atoms with Crippen molar-refractivity contribution in [3.63, 3.8) is 0 Å². The van der Waals surface area contributed by atoms with E-state index in [0.717, 1.165) is 5.69 Å². The number of benzene rings is 10. The fraction of sp³-hybridized carbons (Fsp3) is 0.0857. The Morgan fingerprint density at radius 1 is 0.378 bits per heavy atom. The largest absolute Gasteiger partial charge is 0.311 e. The van der Waals surface area contributed by atoms with Gasteiger partial charge in [-0.25, -0.2) is 0 Å². The van der Waals surface area contributed by atoms with Crippen molar-refractivity contribution in [1.82, 2.24) is 0 Å². The number of hydrogen-bond acceptors (Lipinski definition) is 3. The smallest absolute Gasteiger partial charge is 0.264 e. The molecule has 0 unspecified atom stereocenters. The molecule has 1 aromatic heterocycles. The van der Waals surface area contributed by atoms with Gasteiger partial charge in [-0.2, -0.15) is 0 Å². The molecular weight excluding hydrogens is 912 g/mol. The van der Waals surface area contributed by atoms with E-state index < -0.39 is 10.8 Å². The topological polar surface area (TPSA) is 6.48 Å². The average molecular weight is 959 g/mol. The van der Waals surface area contributed by atoms with Crippen molar-refractivity contribution in [3.8, 4) is 44.5 Å². The lowest BCUT2D eigenvalue weighted by Crippen LogP contribution is -2.60. The summed E-state index contributed by atoms with van der Waals surface area (Å²) in [6.07, 6.45) is 0. The number of thiophene rings is 1. The summed E-state index contributed by atoms with van der Waals surface area (Å²) in [6.45, 7) is 6.89. The lowest BCUT2D eigenvalue weighted by atomic mass is 9.36. The van der Waals surface area contributed by atoms with E-state index in [1.165, 1.54) is 138 Å². The van der Waals surface area contributed by atoms with Gasteiger partial charge in [0.15, 0.2) is 0 Å². The van der Waals surface area contributed by atoms with Crippen molar-refractivity contribution >= 4 is 67.9 Å². The van der Waals surface area contributed by atoms with E-state index in [2.05, 4.69) is 272 Å². The lowest BCUT2D eigenvalue weighted by molar-refractivity contribution is 0.590. The second kappa shape index (κ2) is 14.2. The van der Waals surface area contributed by atoms with Crippen LogP contribution in [-0.2, 0) is 16.2 Å². The maximum Gasteiger partial charge on any atom is 0.264 e. The number of hydrogen-bond donors (Lipinski definition) is 0. The number of nitrogens with zero attached hydrogens (tertiary/aromatic N) is 2. The number of fused-ring (bicyclic) bond motifs is 25. The highest BCUT2D eigenvalue weighted by Crippen LogP contribution is 2.68. The van der Waals surface area contributed by atoms with Crippen LogP contribution in [0.25, 0.3) is 44.5 Å². The Labute approximate surface area is 436 Å². The van der Waals surface area contributed by atoms with Crippen LogP contribution in [0.2, 0.25) is 0 Å². The molecule has 0 radical (unpaired) electrons. The van der Waals surface area contributed by atoms with E-state index >= 15 is 0 Å². The van der Waals surface area contributed by atoms with Crippen molar-refractivity contribution < 1.29 is 0 Å². The SMILES string of the molecule is CC(C)(C)c1ccc(N2c3cccc4c3B(c3cc5c(cc3N4c3ccccc3)C3(c4ccccc4-c4ccccc43)c3ccccc3-5)c3sc4c(c32)-c2ccccc2C42c3ccccc3-c3ccccc32)cc1. The van der Waals surface area contributed by atoms with E-state index in [4.69, 9.17) is 0 Å². The zero-order valence-corrected chi connectivity index (χ0v) is 42.1. The van der Waals surface area contributed by atoms with Gasteiger partial charge in [0.25, 0.3) is 6.71 Å². The van der Waals surface area contributed by atoms with Crippen LogP contribution in [0.5, 0.6) is 0 Å². The number of para-hydroxylation sites is 1. The minimum Gasteiger partial charge on any atom is -0.311 e. The normalized spacial score (nSPS) is 15.4. The summed E-state index contributed by atoms with van der Waals surface area (Å²) in [4.78, 5) is 6.68. The highest BCUT2D eigenvalue weighted by atomic mass is 32.1. The molecule has 2 spiro atoms. The van der Waals surface area contributed by atoms with Gasteiger partial charge >= 0.3 is 0 Å². The summed E-state index contributed by atoms with van der Waals surface area (Å²) in [5.41, 5.74) is 30.6. The molecule has 0 saturated heterocycles. The lowest BCUT2D eigenvalue weighted by Gasteiger charge is -2.44. The van der Waals surface area contributed by atoms with E-state index in [0.29, 0.717) is 0 Å². The Hall–Kier alpha value is -8.44. The quantitative estimate of drug-likeness (QED) is 0.159. The minimum atomic E-state index is -0.476. The van der Waals surface area contributed by atoms with Crippen LogP contribution in [0.1, 0.15) is 70.2 Å². The molecule has 4 aliphatic carbocycles. The fourth-order valence-electron chi connectivity index (χ4n) is 15.0. The van der Waals surface area contributed by atoms with Crippen LogP contribution in [-0.4, -0.2) is 6.71 Å². The molecule has 2 aliphatic heterocycles. The summed E-state index contributed by atoms with van der Waals surface area (Å²) in [5, 5.41) is 0. The molecule has 10 aromatic carbocycles. The monoisotopic (exact) mass is 958 g/mol. The van der Waals surface area contributed by atoms with E-state index in [-0.39, 0.29) is 12.1 Å². The summed E-state index contributed by atoms with van der Waals surface area (Å²) in [5.74, 6) is 0. The fourth-order valence-corrected chi connectivity index (χ4v) is 16.7. The second-order valence-corrected chi connectivity index (χ2v) is 23.2. The maximum atomic E-state index is 2.66. The Kier molecular flexibility index (Phi) is 7.88. The van der Waals surface area contributed by atoms with Crippen LogP contribution in [0.15, 0.2) is 231 Å². The Morgan fingerprint density at radius 3 is 1.36 bits per heavy atom. The molecule has 17 rings (SSSR count). The van der Waals surface area contributed by atoms with Crippen molar-refractivity contribution in [3.05, 3.63) is 280 Å². The highest BCUT2D eigenvalue weighted by molar-refractivity contribution is 7.30. The van der Waals surface area contributed by atoms with Gasteiger partial charge in [-0.1, -0.05) is 209 Å². The number of anilines is 6. The van der Waals surface area contributed by atoms with Crippen LogP contribution in [0.3, 0.4) is 0 Å². The second-order valence-electron chi connectivity index (χ2n) is 22.2. The molecule has 0 amide bonds. The van der Waals surface area contributed by atoms with Crippen molar-refractivity contribution in [2.24, 2.45) is 0 Å². The molecule has 0 fully saturated rings. The zero-order valence-electron chi connectivity index (χ0n) is 41.3. The molecule has 3 heterocycles. The van der Waals surface area contributed by atoms with Gasteiger partial charge in [0.2, 0.25) is 0 Å². The summed E-state index contributed by atoms with van der Waals surface area (Å²) in [7, 11) is 0. The molecule has 0 N–H and O–H groups in total. The Bertz CT molecular complexity index is 4180. The van der Waals surface area contributed by atoms with Crippen LogP contribution >= 0.6 is 11.3 Å². The van der Waals surface area contributed by atoms with Crippen LogP contribution in [0.4, 0.5) is 34.1 Å². The van der Waals surface area contributed by atoms with Crippen LogP contribution < -0.4 is 25.5 Å². The van der Waals surface area contributed by atoms with Crippen LogP contribution in [0, 0.1) is 0 Å². The van der Waals surface area contributed by atoms with Gasteiger partial charge in [-0.15, -0.1) is 11.3 Å². The molecule has 74 heavy (non-hydrogen) atoms. The Balaban J connectivity index is 1.02. The predicted molar refractivity (Wildman–Crippen MR) is 310 cm³/mol. The first-order valence-corrected chi connectivity index (χ1v) is 27.0. The third-order valence-electron chi connectivity index (χ3n) is 17.8. The van der Waals surface area contributed by atoms with E-state index in [1.54, 1.807) is 0 Å². The summed E-state index contributed by atoms with van der Waals surface area (Å²) >= 11 is 2.07. The maximum absolute atomic E-state index is 2.66. The van der Waals surface area contributed by atoms with Crippen molar-refractivity contribution in [2.45, 2.75) is 37.0 Å². The highest BCUT2D eigenvalue weighted by Gasteiger charge is 2.58. The molecule has 0 atom stereocenters. The summed E-state index contributed by atoms with van der Waals surface area (Å²) in [6, 6.07) is 88.6. The zero-order chi connectivity index (χ0) is 48.8. The molecule has 2 nitrogen and oxygen atoms in total. The van der Waals surface area contributed by atoms with Gasteiger partial charge in [-0.05, 0) is 142 Å². The molecule has 11 aromatic rings. The standard InChI is InChI=1S/C70H47BN2S/c1-68(2,3)42-36-38-44(39-37-42)73-61-35-19-34-60-64(61)71(67-65(73)63-50-27-12-18-33-57(50)70(66(63)74-67)55-31-16-9-24-47(55)48-25-10-17-32-56(48)70)59-40-51-49-26-11-15-30-54(49)69(58(51)41-62(59)72(60)43-20-5-4-6-21-43)52-28-13-7-22-45(52)46-23-8-14-29-53(46)69/h4-41H,1-3H3. The molecular formula is C70H47BN2S. The molecule has 0 bridgehead atoms. The van der Waals surface area contributed by atoms with Crippen molar-refractivity contribution in [2.75, 3.05) is 9.80 Å². The van der Waals surface area contributed by atoms with Gasteiger partial charge in [-0.3, -0.25) is 0 Å². The third kappa shape index (κ3) is 4.80. The first-order valence-electron chi connectivity index (χ1n) is 26.2. The molecule has 6 aliphatic rings. The first-order chi connectivity index (χ1) is 36.4. The Morgan fingerprint density at radius 2 is 0.824 bits per heavy atom. The van der Waals surface area contributed by atoms with Gasteiger partial charge < -0.3 is 9.80 Å².